The number of nitrogens with zero attached hydrogens (tertiary/aromatic N) is 1. The summed E-state index contributed by atoms with van der Waals surface area (Å²) < 4.78 is 0. The molecule has 0 aliphatic rings. The Balaban J connectivity index is 1.93. The SMILES string of the molecule is Cc1cccc([N+](=O)[O-])c1NC(=O)CSCc1ccc(Cl)cc1. The molecular formula is C16H15ClN2O3S. The summed E-state index contributed by atoms with van der Waals surface area (Å²) in [6, 6.07) is 12.1. The number of carbonyl (C=O) groups excluding carboxylic acids is 1. The van der Waals surface area contributed by atoms with E-state index in [9.17, 15) is 14.9 Å². The number of amides is 1. The lowest BCUT2D eigenvalue weighted by molar-refractivity contribution is -0.384. The quantitative estimate of drug-likeness (QED) is 0.618. The summed E-state index contributed by atoms with van der Waals surface area (Å²) in [5, 5.41) is 14.3. The third kappa shape index (κ3) is 4.97. The van der Waals surface area contributed by atoms with Crippen molar-refractivity contribution in [2.24, 2.45) is 0 Å². The van der Waals surface area contributed by atoms with Crippen LogP contribution in [0, 0.1) is 17.0 Å². The van der Waals surface area contributed by atoms with E-state index in [1.54, 1.807) is 31.2 Å². The number of hydrogen-bond acceptors (Lipinski definition) is 4. The third-order valence-electron chi connectivity index (χ3n) is 3.13. The van der Waals surface area contributed by atoms with Crippen molar-refractivity contribution in [1.82, 2.24) is 0 Å². The Hall–Kier alpha value is -2.05. The highest BCUT2D eigenvalue weighted by Crippen LogP contribution is 2.27. The van der Waals surface area contributed by atoms with Crippen LogP contribution in [0.3, 0.4) is 0 Å². The van der Waals surface area contributed by atoms with Crippen LogP contribution in [0.25, 0.3) is 0 Å². The first-order valence-electron chi connectivity index (χ1n) is 6.83. The van der Waals surface area contributed by atoms with Gasteiger partial charge < -0.3 is 5.32 Å². The van der Waals surface area contributed by atoms with Crippen molar-refractivity contribution in [3.63, 3.8) is 0 Å². The zero-order valence-electron chi connectivity index (χ0n) is 12.4. The van der Waals surface area contributed by atoms with E-state index in [4.69, 9.17) is 11.6 Å². The van der Waals surface area contributed by atoms with E-state index in [0.29, 0.717) is 16.3 Å². The van der Waals surface area contributed by atoms with E-state index < -0.39 is 4.92 Å². The number of halogens is 1. The minimum atomic E-state index is -0.497. The van der Waals surface area contributed by atoms with Gasteiger partial charge in [-0.15, -0.1) is 11.8 Å². The molecule has 2 rings (SSSR count). The fraction of sp³-hybridized carbons (Fsp3) is 0.188. The van der Waals surface area contributed by atoms with E-state index in [1.807, 2.05) is 12.1 Å². The van der Waals surface area contributed by atoms with Gasteiger partial charge in [-0.3, -0.25) is 14.9 Å². The molecule has 7 heteroatoms. The molecule has 0 bridgehead atoms. The topological polar surface area (TPSA) is 72.2 Å². The molecule has 0 aliphatic carbocycles. The van der Waals surface area contributed by atoms with Gasteiger partial charge in [0.2, 0.25) is 5.91 Å². The number of nitrogens with one attached hydrogen (secondary N) is 1. The highest BCUT2D eigenvalue weighted by atomic mass is 35.5. The highest BCUT2D eigenvalue weighted by Gasteiger charge is 2.17. The summed E-state index contributed by atoms with van der Waals surface area (Å²) in [4.78, 5) is 22.5. The van der Waals surface area contributed by atoms with E-state index in [-0.39, 0.29) is 23.0 Å². The van der Waals surface area contributed by atoms with Crippen molar-refractivity contribution in [2.45, 2.75) is 12.7 Å². The molecule has 1 N–H and O–H groups in total. The maximum absolute atomic E-state index is 12.0. The van der Waals surface area contributed by atoms with E-state index in [2.05, 4.69) is 5.32 Å². The van der Waals surface area contributed by atoms with Gasteiger partial charge in [0, 0.05) is 16.8 Å². The molecule has 120 valence electrons. The van der Waals surface area contributed by atoms with Crippen molar-refractivity contribution >= 4 is 40.6 Å². The lowest BCUT2D eigenvalue weighted by Crippen LogP contribution is -2.16. The Morgan fingerprint density at radius 2 is 1.96 bits per heavy atom. The monoisotopic (exact) mass is 350 g/mol. The van der Waals surface area contributed by atoms with Gasteiger partial charge in [0.25, 0.3) is 5.69 Å². The molecule has 0 spiro atoms. The predicted molar refractivity (Wildman–Crippen MR) is 94.1 cm³/mol. The van der Waals surface area contributed by atoms with E-state index in [1.165, 1.54) is 17.8 Å². The molecule has 0 radical (unpaired) electrons. The number of nitro groups is 1. The Kier molecular flexibility index (Phi) is 6.01. The van der Waals surface area contributed by atoms with Crippen molar-refractivity contribution in [2.75, 3.05) is 11.1 Å². The number of carbonyl (C=O) groups is 1. The fourth-order valence-electron chi connectivity index (χ4n) is 1.98. The second-order valence-corrected chi connectivity index (χ2v) is 6.32. The molecule has 0 saturated carbocycles. The van der Waals surface area contributed by atoms with Crippen LogP contribution in [0.15, 0.2) is 42.5 Å². The summed E-state index contributed by atoms with van der Waals surface area (Å²) in [5.41, 5.74) is 1.89. The normalized spacial score (nSPS) is 10.3. The molecule has 0 aromatic heterocycles. The highest BCUT2D eigenvalue weighted by molar-refractivity contribution is 7.99. The van der Waals surface area contributed by atoms with Gasteiger partial charge in [-0.1, -0.05) is 35.9 Å². The largest absolute Gasteiger partial charge is 0.319 e. The van der Waals surface area contributed by atoms with Crippen molar-refractivity contribution in [1.29, 1.82) is 0 Å². The van der Waals surface area contributed by atoms with Gasteiger partial charge >= 0.3 is 0 Å². The Morgan fingerprint density at radius 3 is 2.61 bits per heavy atom. The maximum atomic E-state index is 12.0. The lowest BCUT2D eigenvalue weighted by atomic mass is 10.1. The summed E-state index contributed by atoms with van der Waals surface area (Å²) >= 11 is 7.25. The second kappa shape index (κ2) is 7.99. The molecule has 0 aliphatic heterocycles. The average molecular weight is 351 g/mol. The summed E-state index contributed by atoms with van der Waals surface area (Å²) in [5.74, 6) is 0.621. The molecular weight excluding hydrogens is 336 g/mol. The fourth-order valence-corrected chi connectivity index (χ4v) is 2.90. The van der Waals surface area contributed by atoms with Crippen LogP contribution < -0.4 is 5.32 Å². The Morgan fingerprint density at radius 1 is 1.26 bits per heavy atom. The third-order valence-corrected chi connectivity index (χ3v) is 4.38. The van der Waals surface area contributed by atoms with Gasteiger partial charge in [0.05, 0.1) is 10.7 Å². The van der Waals surface area contributed by atoms with Crippen LogP contribution in [0.2, 0.25) is 5.02 Å². The number of nitro benzene ring substituents is 1. The number of hydrogen-bond donors (Lipinski definition) is 1. The van der Waals surface area contributed by atoms with Crippen LogP contribution in [0.5, 0.6) is 0 Å². The summed E-state index contributed by atoms with van der Waals surface area (Å²) in [7, 11) is 0. The van der Waals surface area contributed by atoms with Gasteiger partial charge in [-0.2, -0.15) is 0 Å². The Labute approximate surface area is 143 Å². The Bertz CT molecular complexity index is 720. The van der Waals surface area contributed by atoms with Crippen molar-refractivity contribution in [3.05, 3.63) is 68.7 Å². The number of para-hydroxylation sites is 1. The van der Waals surface area contributed by atoms with Gasteiger partial charge in [-0.05, 0) is 30.2 Å². The molecule has 1 amide bonds. The van der Waals surface area contributed by atoms with Crippen LogP contribution in [0.4, 0.5) is 11.4 Å². The molecule has 0 saturated heterocycles. The molecule has 2 aromatic carbocycles. The molecule has 5 nitrogen and oxygen atoms in total. The number of anilines is 1. The minimum Gasteiger partial charge on any atom is -0.319 e. The minimum absolute atomic E-state index is 0.0962. The zero-order chi connectivity index (χ0) is 16.8. The smallest absolute Gasteiger partial charge is 0.293 e. The van der Waals surface area contributed by atoms with E-state index in [0.717, 1.165) is 5.56 Å². The lowest BCUT2D eigenvalue weighted by Gasteiger charge is -2.08. The molecule has 0 heterocycles. The standard InChI is InChI=1S/C16H15ClN2O3S/c1-11-3-2-4-14(19(21)22)16(11)18-15(20)10-23-9-12-5-7-13(17)8-6-12/h2-8H,9-10H2,1H3,(H,18,20). The average Bonchev–Trinajstić information content (AvgIpc) is 2.51. The maximum Gasteiger partial charge on any atom is 0.293 e. The predicted octanol–water partition coefficient (Wildman–Crippen LogP) is 4.43. The summed E-state index contributed by atoms with van der Waals surface area (Å²) in [6.07, 6.45) is 0. The van der Waals surface area contributed by atoms with Crippen molar-refractivity contribution in [3.8, 4) is 0 Å². The number of benzene rings is 2. The van der Waals surface area contributed by atoms with Crippen molar-refractivity contribution < 1.29 is 9.72 Å². The van der Waals surface area contributed by atoms with Crippen LogP contribution in [-0.4, -0.2) is 16.6 Å². The second-order valence-electron chi connectivity index (χ2n) is 4.89. The number of rotatable bonds is 6. The molecule has 0 atom stereocenters. The van der Waals surface area contributed by atoms with Crippen LogP contribution in [0.1, 0.15) is 11.1 Å². The molecule has 0 fully saturated rings. The number of thioether (sulfide) groups is 1. The first kappa shape index (κ1) is 17.3. The van der Waals surface area contributed by atoms with Gasteiger partial charge in [0.15, 0.2) is 0 Å². The first-order chi connectivity index (χ1) is 11.0. The van der Waals surface area contributed by atoms with Crippen LogP contribution in [-0.2, 0) is 10.5 Å². The first-order valence-corrected chi connectivity index (χ1v) is 8.36. The number of aryl methyl sites for hydroxylation is 1. The van der Waals surface area contributed by atoms with E-state index >= 15 is 0 Å². The van der Waals surface area contributed by atoms with Gasteiger partial charge in [-0.25, -0.2) is 0 Å². The zero-order valence-corrected chi connectivity index (χ0v) is 14.0. The van der Waals surface area contributed by atoms with Crippen LogP contribution >= 0.6 is 23.4 Å². The molecule has 2 aromatic rings. The van der Waals surface area contributed by atoms with Gasteiger partial charge in [0.1, 0.15) is 5.69 Å². The summed E-state index contributed by atoms with van der Waals surface area (Å²) in [6.45, 7) is 1.73. The molecule has 23 heavy (non-hydrogen) atoms. The molecule has 0 unspecified atom stereocenters.